The van der Waals surface area contributed by atoms with E-state index in [0.29, 0.717) is 6.42 Å². The Morgan fingerprint density at radius 1 is 1.35 bits per heavy atom. The first-order valence-corrected chi connectivity index (χ1v) is 7.22. The molecular formula is C18H20O2. The van der Waals surface area contributed by atoms with E-state index in [4.69, 9.17) is 4.74 Å². The molecule has 0 aromatic heterocycles. The van der Waals surface area contributed by atoms with Crippen molar-refractivity contribution < 1.29 is 9.53 Å². The minimum absolute atomic E-state index is 0.00445. The van der Waals surface area contributed by atoms with Gasteiger partial charge in [0.15, 0.2) is 5.78 Å². The lowest BCUT2D eigenvalue weighted by molar-refractivity contribution is -0.115. The van der Waals surface area contributed by atoms with Crippen molar-refractivity contribution in [2.24, 2.45) is 0 Å². The van der Waals surface area contributed by atoms with Gasteiger partial charge in [-0.05, 0) is 55.0 Å². The summed E-state index contributed by atoms with van der Waals surface area (Å²) in [5.74, 6) is 1.19. The van der Waals surface area contributed by atoms with Gasteiger partial charge in [-0.15, -0.1) is 6.58 Å². The highest BCUT2D eigenvalue weighted by Crippen LogP contribution is 2.49. The van der Waals surface area contributed by atoms with E-state index in [1.165, 1.54) is 16.7 Å². The Morgan fingerprint density at radius 3 is 2.95 bits per heavy atom. The molecule has 1 atom stereocenters. The van der Waals surface area contributed by atoms with Gasteiger partial charge in [0.05, 0.1) is 7.11 Å². The average Bonchev–Trinajstić information content (AvgIpc) is 2.47. The minimum atomic E-state index is -0.00445. The van der Waals surface area contributed by atoms with E-state index in [0.717, 1.165) is 31.4 Å². The molecule has 0 amide bonds. The number of benzene rings is 1. The molecule has 20 heavy (non-hydrogen) atoms. The maximum Gasteiger partial charge on any atom is 0.155 e. The van der Waals surface area contributed by atoms with Gasteiger partial charge < -0.3 is 4.74 Å². The minimum Gasteiger partial charge on any atom is -0.497 e. The lowest BCUT2D eigenvalue weighted by Gasteiger charge is -2.43. The number of fused-ring (bicyclic) bond motifs is 3. The number of rotatable bonds is 3. The first kappa shape index (κ1) is 13.2. The van der Waals surface area contributed by atoms with Crippen LogP contribution in [-0.4, -0.2) is 12.9 Å². The van der Waals surface area contributed by atoms with Crippen LogP contribution in [0.3, 0.4) is 0 Å². The molecule has 2 nitrogen and oxygen atoms in total. The summed E-state index contributed by atoms with van der Waals surface area (Å²) in [6, 6.07) is 6.36. The second-order valence-electron chi connectivity index (χ2n) is 5.73. The van der Waals surface area contributed by atoms with E-state index in [2.05, 4.69) is 18.7 Å². The molecule has 0 spiro atoms. The third kappa shape index (κ3) is 1.91. The van der Waals surface area contributed by atoms with Crippen molar-refractivity contribution in [1.82, 2.24) is 0 Å². The second kappa shape index (κ2) is 4.93. The van der Waals surface area contributed by atoms with Crippen LogP contribution in [-0.2, 0) is 16.6 Å². The summed E-state index contributed by atoms with van der Waals surface area (Å²) in [6.07, 6.45) is 8.30. The monoisotopic (exact) mass is 268 g/mol. The van der Waals surface area contributed by atoms with Gasteiger partial charge in [-0.3, -0.25) is 4.79 Å². The van der Waals surface area contributed by atoms with E-state index < -0.39 is 0 Å². The van der Waals surface area contributed by atoms with Crippen LogP contribution in [0.5, 0.6) is 5.75 Å². The van der Waals surface area contributed by atoms with Crippen molar-refractivity contribution in [2.75, 3.05) is 7.11 Å². The highest BCUT2D eigenvalue weighted by molar-refractivity contribution is 5.92. The molecule has 104 valence electrons. The van der Waals surface area contributed by atoms with Crippen LogP contribution in [0.4, 0.5) is 0 Å². The zero-order chi connectivity index (χ0) is 14.2. The zero-order valence-corrected chi connectivity index (χ0v) is 11.9. The number of ether oxygens (including phenoxy) is 1. The molecule has 0 radical (unpaired) electrons. The predicted molar refractivity (Wildman–Crippen MR) is 80.1 cm³/mol. The summed E-state index contributed by atoms with van der Waals surface area (Å²) in [6.45, 7) is 3.93. The van der Waals surface area contributed by atoms with E-state index in [-0.39, 0.29) is 11.2 Å². The summed E-state index contributed by atoms with van der Waals surface area (Å²) in [5, 5.41) is 0. The van der Waals surface area contributed by atoms with E-state index in [1.54, 1.807) is 7.11 Å². The topological polar surface area (TPSA) is 26.3 Å². The van der Waals surface area contributed by atoms with Crippen LogP contribution in [0.25, 0.3) is 0 Å². The van der Waals surface area contributed by atoms with Crippen molar-refractivity contribution in [2.45, 2.75) is 37.5 Å². The highest BCUT2D eigenvalue weighted by Gasteiger charge is 2.41. The van der Waals surface area contributed by atoms with Gasteiger partial charge in [0.1, 0.15) is 5.75 Å². The fourth-order valence-corrected chi connectivity index (χ4v) is 3.75. The molecule has 0 N–H and O–H groups in total. The van der Waals surface area contributed by atoms with Crippen molar-refractivity contribution in [3.8, 4) is 5.75 Å². The average molecular weight is 268 g/mol. The standard InChI is InChI=1S/C18H20O2/c1-3-9-18-10-8-15(19)12-14(18)5-4-13-11-16(20-2)6-7-17(13)18/h3,6-7,11-12H,1,4-5,8-10H2,2H3/t18-/m1/s1. The smallest absolute Gasteiger partial charge is 0.155 e. The molecule has 0 saturated carbocycles. The van der Waals surface area contributed by atoms with Gasteiger partial charge >= 0.3 is 0 Å². The highest BCUT2D eigenvalue weighted by atomic mass is 16.5. The number of ketones is 1. The van der Waals surface area contributed by atoms with E-state index >= 15 is 0 Å². The Morgan fingerprint density at radius 2 is 2.20 bits per heavy atom. The van der Waals surface area contributed by atoms with Crippen LogP contribution in [0.1, 0.15) is 36.8 Å². The number of allylic oxidation sites excluding steroid dienone is 3. The van der Waals surface area contributed by atoms with Crippen LogP contribution < -0.4 is 4.74 Å². The molecule has 2 aliphatic rings. The Labute approximate surface area is 120 Å². The van der Waals surface area contributed by atoms with Crippen LogP contribution in [0.2, 0.25) is 0 Å². The zero-order valence-electron chi connectivity index (χ0n) is 11.9. The molecule has 1 aromatic rings. The van der Waals surface area contributed by atoms with E-state index in [1.807, 2.05) is 18.2 Å². The molecule has 0 fully saturated rings. The molecule has 0 saturated heterocycles. The Balaban J connectivity index is 2.16. The number of carbonyl (C=O) groups excluding carboxylic acids is 1. The number of methoxy groups -OCH3 is 1. The fraction of sp³-hybridized carbons (Fsp3) is 0.389. The molecule has 1 aromatic carbocycles. The maximum atomic E-state index is 11.8. The van der Waals surface area contributed by atoms with Crippen LogP contribution in [0, 0.1) is 0 Å². The summed E-state index contributed by atoms with van der Waals surface area (Å²) < 4.78 is 5.34. The number of hydrogen-bond donors (Lipinski definition) is 0. The maximum absolute atomic E-state index is 11.8. The molecule has 2 heteroatoms. The molecule has 0 unspecified atom stereocenters. The van der Waals surface area contributed by atoms with Gasteiger partial charge in [0.25, 0.3) is 0 Å². The van der Waals surface area contributed by atoms with Gasteiger partial charge in [-0.25, -0.2) is 0 Å². The summed E-state index contributed by atoms with van der Waals surface area (Å²) >= 11 is 0. The molecule has 3 rings (SSSR count). The largest absolute Gasteiger partial charge is 0.497 e. The van der Waals surface area contributed by atoms with Crippen molar-refractivity contribution in [3.63, 3.8) is 0 Å². The normalized spacial score (nSPS) is 24.4. The fourth-order valence-electron chi connectivity index (χ4n) is 3.75. The van der Waals surface area contributed by atoms with E-state index in [9.17, 15) is 4.79 Å². The summed E-state index contributed by atoms with van der Waals surface area (Å²) in [7, 11) is 1.70. The van der Waals surface area contributed by atoms with Crippen LogP contribution >= 0.6 is 0 Å². The molecule has 2 aliphatic carbocycles. The van der Waals surface area contributed by atoms with Crippen molar-refractivity contribution in [3.05, 3.63) is 53.6 Å². The first-order valence-electron chi connectivity index (χ1n) is 7.22. The van der Waals surface area contributed by atoms with Gasteiger partial charge in [0.2, 0.25) is 0 Å². The van der Waals surface area contributed by atoms with Gasteiger partial charge in [-0.1, -0.05) is 17.7 Å². The third-order valence-electron chi connectivity index (χ3n) is 4.73. The van der Waals surface area contributed by atoms with Crippen molar-refractivity contribution in [1.29, 1.82) is 0 Å². The Bertz CT molecular complexity index is 597. The molecule has 0 heterocycles. The second-order valence-corrected chi connectivity index (χ2v) is 5.73. The molecule has 0 bridgehead atoms. The molecular weight excluding hydrogens is 248 g/mol. The Hall–Kier alpha value is -1.83. The number of aryl methyl sites for hydroxylation is 1. The predicted octanol–water partition coefficient (Wildman–Crippen LogP) is 3.74. The van der Waals surface area contributed by atoms with Crippen molar-refractivity contribution >= 4 is 5.78 Å². The summed E-state index contributed by atoms with van der Waals surface area (Å²) in [5.41, 5.74) is 4.02. The van der Waals surface area contributed by atoms with Gasteiger partial charge in [-0.2, -0.15) is 0 Å². The van der Waals surface area contributed by atoms with Gasteiger partial charge in [0, 0.05) is 11.8 Å². The first-order chi connectivity index (χ1) is 9.69. The Kier molecular flexibility index (Phi) is 3.25. The SMILES string of the molecule is C=CC[C@@]12CCC(=O)C=C1CCc1cc(OC)ccc12. The lowest BCUT2D eigenvalue weighted by atomic mass is 9.60. The number of hydrogen-bond acceptors (Lipinski definition) is 2. The third-order valence-corrected chi connectivity index (χ3v) is 4.73. The number of carbonyl (C=O) groups is 1. The quantitative estimate of drug-likeness (QED) is 0.780. The lowest BCUT2D eigenvalue weighted by Crippen LogP contribution is -2.36. The molecule has 0 aliphatic heterocycles. The van der Waals surface area contributed by atoms with Crippen LogP contribution in [0.15, 0.2) is 42.5 Å². The summed E-state index contributed by atoms with van der Waals surface area (Å²) in [4.78, 5) is 11.8.